The Bertz CT molecular complexity index is 1120. The molecule has 2 aromatic heterocycles. The molecule has 2 N–H and O–H groups in total. The molecule has 0 radical (unpaired) electrons. The number of furan rings is 1. The summed E-state index contributed by atoms with van der Waals surface area (Å²) < 4.78 is 11.1. The lowest BCUT2D eigenvalue weighted by atomic mass is 9.98. The van der Waals surface area contributed by atoms with Crippen LogP contribution in [0.25, 0.3) is 21.9 Å². The van der Waals surface area contributed by atoms with Gasteiger partial charge in [0.15, 0.2) is 0 Å². The maximum atomic E-state index is 12.5. The molecular formula is C20H21NO6. The lowest BCUT2D eigenvalue weighted by Crippen LogP contribution is -2.38. The summed E-state index contributed by atoms with van der Waals surface area (Å²) in [6, 6.07) is 0.955. The predicted octanol–water partition coefficient (Wildman–Crippen LogP) is 2.99. The van der Waals surface area contributed by atoms with Crippen LogP contribution in [0, 0.1) is 20.8 Å². The van der Waals surface area contributed by atoms with E-state index in [2.05, 4.69) is 5.32 Å². The van der Waals surface area contributed by atoms with Crippen molar-refractivity contribution in [3.63, 3.8) is 0 Å². The van der Waals surface area contributed by atoms with Crippen molar-refractivity contribution >= 4 is 33.8 Å². The van der Waals surface area contributed by atoms with Crippen LogP contribution in [-0.2, 0) is 16.0 Å². The van der Waals surface area contributed by atoms with Gasteiger partial charge in [0.1, 0.15) is 17.2 Å². The van der Waals surface area contributed by atoms with Gasteiger partial charge >= 0.3 is 11.6 Å². The smallest absolute Gasteiger partial charge is 0.339 e. The number of carboxylic acid groups (broad SMARTS) is 1. The summed E-state index contributed by atoms with van der Waals surface area (Å²) in [5.41, 5.74) is 3.60. The van der Waals surface area contributed by atoms with Crippen LogP contribution in [0.1, 0.15) is 35.6 Å². The summed E-state index contributed by atoms with van der Waals surface area (Å²) in [7, 11) is 0. The molecule has 0 saturated heterocycles. The highest BCUT2D eigenvalue weighted by molar-refractivity contribution is 5.99. The van der Waals surface area contributed by atoms with E-state index in [0.29, 0.717) is 16.7 Å². The number of benzene rings is 1. The van der Waals surface area contributed by atoms with Crippen molar-refractivity contribution in [2.75, 3.05) is 0 Å². The maximum absolute atomic E-state index is 12.5. The van der Waals surface area contributed by atoms with Gasteiger partial charge in [0, 0.05) is 28.3 Å². The number of hydrogen-bond acceptors (Lipinski definition) is 5. The van der Waals surface area contributed by atoms with Crippen molar-refractivity contribution in [3.8, 4) is 0 Å². The fourth-order valence-corrected chi connectivity index (χ4v) is 3.22. The predicted molar refractivity (Wildman–Crippen MR) is 100 cm³/mol. The normalized spacial score (nSPS) is 12.4. The van der Waals surface area contributed by atoms with Crippen LogP contribution in [0.3, 0.4) is 0 Å². The molecule has 0 aliphatic rings. The number of aliphatic carboxylic acids is 1. The Labute approximate surface area is 155 Å². The van der Waals surface area contributed by atoms with Crippen LogP contribution in [0.2, 0.25) is 0 Å². The zero-order chi connectivity index (χ0) is 19.9. The second-order valence-electron chi connectivity index (χ2n) is 6.79. The van der Waals surface area contributed by atoms with Gasteiger partial charge in [-0.2, -0.15) is 0 Å². The van der Waals surface area contributed by atoms with Gasteiger partial charge in [-0.15, -0.1) is 0 Å². The van der Waals surface area contributed by atoms with Gasteiger partial charge < -0.3 is 19.3 Å². The van der Waals surface area contributed by atoms with E-state index < -0.39 is 23.5 Å². The number of rotatable bonds is 5. The third-order valence-electron chi connectivity index (χ3n) is 4.89. The van der Waals surface area contributed by atoms with Crippen molar-refractivity contribution in [1.82, 2.24) is 5.32 Å². The minimum atomic E-state index is -1.11. The average Bonchev–Trinajstić information content (AvgIpc) is 2.97. The molecule has 0 unspecified atom stereocenters. The molecule has 1 amide bonds. The maximum Gasteiger partial charge on any atom is 0.339 e. The van der Waals surface area contributed by atoms with Crippen LogP contribution < -0.4 is 10.9 Å². The van der Waals surface area contributed by atoms with Crippen molar-refractivity contribution < 1.29 is 23.5 Å². The first kappa shape index (κ1) is 18.7. The van der Waals surface area contributed by atoms with Crippen LogP contribution in [0.5, 0.6) is 0 Å². The van der Waals surface area contributed by atoms with Crippen molar-refractivity contribution in [2.45, 2.75) is 46.6 Å². The minimum Gasteiger partial charge on any atom is -0.480 e. The van der Waals surface area contributed by atoms with Crippen LogP contribution in [0.15, 0.2) is 26.0 Å². The zero-order valence-corrected chi connectivity index (χ0v) is 15.6. The van der Waals surface area contributed by atoms with Gasteiger partial charge in [-0.1, -0.05) is 0 Å². The Morgan fingerprint density at radius 3 is 2.52 bits per heavy atom. The Balaban J connectivity index is 1.98. The zero-order valence-electron chi connectivity index (χ0n) is 15.6. The second kappa shape index (κ2) is 6.90. The van der Waals surface area contributed by atoms with Crippen molar-refractivity contribution in [1.29, 1.82) is 0 Å². The summed E-state index contributed by atoms with van der Waals surface area (Å²) in [4.78, 5) is 35.2. The lowest BCUT2D eigenvalue weighted by Gasteiger charge is -2.11. The molecule has 0 fully saturated rings. The number of carbonyl (C=O) groups is 2. The summed E-state index contributed by atoms with van der Waals surface area (Å²) in [6.07, 6.45) is 1.84. The second-order valence-corrected chi connectivity index (χ2v) is 6.79. The SMILES string of the molecule is Cc1coc2c(C)c3oc(=O)c(CCC(=O)N[C@@H](C)C(=O)O)c(C)c3cc12. The number of amides is 1. The van der Waals surface area contributed by atoms with Gasteiger partial charge in [0.2, 0.25) is 5.91 Å². The first-order valence-electron chi connectivity index (χ1n) is 8.66. The molecule has 0 saturated carbocycles. The highest BCUT2D eigenvalue weighted by Gasteiger charge is 2.19. The van der Waals surface area contributed by atoms with Gasteiger partial charge in [0.25, 0.3) is 0 Å². The molecular weight excluding hydrogens is 350 g/mol. The van der Waals surface area contributed by atoms with Gasteiger partial charge in [-0.25, -0.2) is 4.79 Å². The number of aryl methyl sites for hydroxylation is 3. The van der Waals surface area contributed by atoms with Gasteiger partial charge in [-0.3, -0.25) is 9.59 Å². The van der Waals surface area contributed by atoms with Crippen LogP contribution >= 0.6 is 0 Å². The van der Waals surface area contributed by atoms with Crippen molar-refractivity contribution in [3.05, 3.63) is 45.0 Å². The van der Waals surface area contributed by atoms with E-state index >= 15 is 0 Å². The topological polar surface area (TPSA) is 110 Å². The number of carboxylic acids is 1. The lowest BCUT2D eigenvalue weighted by molar-refractivity contribution is -0.141. The molecule has 142 valence electrons. The Morgan fingerprint density at radius 1 is 1.15 bits per heavy atom. The molecule has 7 nitrogen and oxygen atoms in total. The summed E-state index contributed by atoms with van der Waals surface area (Å²) in [6.45, 7) is 7.00. The van der Waals surface area contributed by atoms with E-state index in [1.165, 1.54) is 6.92 Å². The number of carbonyl (C=O) groups excluding carboxylic acids is 1. The molecule has 7 heteroatoms. The minimum absolute atomic E-state index is 0.000686. The van der Waals surface area contributed by atoms with Crippen molar-refractivity contribution in [2.24, 2.45) is 0 Å². The first-order chi connectivity index (χ1) is 12.7. The fraction of sp³-hybridized carbons (Fsp3) is 0.350. The molecule has 0 aliphatic heterocycles. The summed E-state index contributed by atoms with van der Waals surface area (Å²) in [5, 5.41) is 13.0. The van der Waals surface area contributed by atoms with E-state index in [-0.39, 0.29) is 12.8 Å². The van der Waals surface area contributed by atoms with E-state index in [1.54, 1.807) is 6.26 Å². The molecule has 0 bridgehead atoms. The van der Waals surface area contributed by atoms with E-state index in [1.807, 2.05) is 26.8 Å². The Hall–Kier alpha value is -3.09. The highest BCUT2D eigenvalue weighted by Crippen LogP contribution is 2.32. The number of fused-ring (bicyclic) bond motifs is 2. The van der Waals surface area contributed by atoms with Gasteiger partial charge in [0.05, 0.1) is 6.26 Å². The standard InChI is InChI=1S/C20H21NO6/c1-9-8-26-17-11(3)18-15(7-14(9)17)10(2)13(20(25)27-18)5-6-16(22)21-12(4)19(23)24/h7-8,12H,5-6H2,1-4H3,(H,21,22)(H,23,24)/t12-/m0/s1. The summed E-state index contributed by atoms with van der Waals surface area (Å²) >= 11 is 0. The van der Waals surface area contributed by atoms with Crippen LogP contribution in [0.4, 0.5) is 0 Å². The fourth-order valence-electron chi connectivity index (χ4n) is 3.22. The van der Waals surface area contributed by atoms with E-state index in [0.717, 1.165) is 27.5 Å². The molecule has 0 spiro atoms. The molecule has 1 atom stereocenters. The highest BCUT2D eigenvalue weighted by atomic mass is 16.4. The molecule has 3 rings (SSSR count). The van der Waals surface area contributed by atoms with Gasteiger partial charge in [-0.05, 0) is 51.3 Å². The molecule has 0 aliphatic carbocycles. The average molecular weight is 371 g/mol. The third kappa shape index (κ3) is 3.32. The number of hydrogen-bond donors (Lipinski definition) is 2. The molecule has 27 heavy (non-hydrogen) atoms. The first-order valence-corrected chi connectivity index (χ1v) is 8.66. The summed E-state index contributed by atoms with van der Waals surface area (Å²) in [5.74, 6) is -1.54. The quantitative estimate of drug-likeness (QED) is 0.667. The largest absolute Gasteiger partial charge is 0.480 e. The Kier molecular flexibility index (Phi) is 4.78. The molecule has 2 heterocycles. The molecule has 1 aromatic carbocycles. The van der Waals surface area contributed by atoms with E-state index in [9.17, 15) is 14.4 Å². The molecule has 3 aromatic rings. The monoisotopic (exact) mass is 371 g/mol. The Morgan fingerprint density at radius 2 is 1.85 bits per heavy atom. The third-order valence-corrected chi connectivity index (χ3v) is 4.89. The van der Waals surface area contributed by atoms with E-state index in [4.69, 9.17) is 13.9 Å². The number of nitrogens with one attached hydrogen (secondary N) is 1. The van der Waals surface area contributed by atoms with Crippen LogP contribution in [-0.4, -0.2) is 23.0 Å².